The molecule has 6 nitrogen and oxygen atoms in total. The van der Waals surface area contributed by atoms with Gasteiger partial charge in [-0.3, -0.25) is 19.2 Å². The first-order valence-electron chi connectivity index (χ1n) is 11.7. The number of benzene rings is 1. The molecule has 7 heteroatoms. The number of carbonyl (C=O) groups is 2. The minimum Gasteiger partial charge on any atom is -0.351 e. The van der Waals surface area contributed by atoms with Crippen LogP contribution >= 0.6 is 11.3 Å². The van der Waals surface area contributed by atoms with Crippen molar-refractivity contribution in [2.24, 2.45) is 0 Å². The largest absolute Gasteiger partial charge is 0.351 e. The molecular weight excluding hydrogens is 432 g/mol. The SMILES string of the molecule is Cc1cc(C)cc(N2C(=O)c3cc(-c4cccs4)nn3C[C@]2(C)C(=O)NC2CCCCC2)c1. The van der Waals surface area contributed by atoms with Crippen molar-refractivity contribution in [2.75, 3.05) is 4.90 Å². The van der Waals surface area contributed by atoms with Crippen molar-refractivity contribution < 1.29 is 9.59 Å². The quantitative estimate of drug-likeness (QED) is 0.587. The standard InChI is InChI=1S/C26H30N4O2S/c1-17-12-18(2)14-20(13-17)30-24(31)22-15-21(23-10-7-11-33-23)28-29(22)16-26(30,3)25(32)27-19-8-5-4-6-9-19/h7,10-15,19H,4-6,8-9,16H2,1-3H3,(H,27,32)/t26-/m1/s1. The van der Waals surface area contributed by atoms with E-state index >= 15 is 0 Å². The van der Waals surface area contributed by atoms with Crippen molar-refractivity contribution in [3.05, 3.63) is 58.6 Å². The van der Waals surface area contributed by atoms with Gasteiger partial charge in [-0.1, -0.05) is 31.4 Å². The van der Waals surface area contributed by atoms with Crippen molar-refractivity contribution >= 4 is 28.8 Å². The first kappa shape index (κ1) is 21.9. The summed E-state index contributed by atoms with van der Waals surface area (Å²) in [5.41, 5.74) is 3.08. The normalized spacial score (nSPS) is 21.2. The number of rotatable bonds is 4. The van der Waals surface area contributed by atoms with Crippen LogP contribution in [-0.2, 0) is 11.3 Å². The minimum absolute atomic E-state index is 0.110. The molecule has 1 aliphatic carbocycles. The van der Waals surface area contributed by atoms with E-state index in [0.717, 1.165) is 53.1 Å². The fourth-order valence-corrected chi connectivity index (χ4v) is 5.88. The third-order valence-corrected chi connectivity index (χ3v) is 7.71. The second-order valence-corrected chi connectivity index (χ2v) is 10.6. The molecule has 1 aromatic carbocycles. The Labute approximate surface area is 198 Å². The third-order valence-electron chi connectivity index (χ3n) is 6.82. The van der Waals surface area contributed by atoms with Gasteiger partial charge in [0, 0.05) is 11.7 Å². The van der Waals surface area contributed by atoms with Crippen LogP contribution in [0.2, 0.25) is 0 Å². The van der Waals surface area contributed by atoms with Crippen molar-refractivity contribution in [2.45, 2.75) is 71.0 Å². The summed E-state index contributed by atoms with van der Waals surface area (Å²) in [6.45, 7) is 6.22. The van der Waals surface area contributed by atoms with Gasteiger partial charge < -0.3 is 5.32 Å². The summed E-state index contributed by atoms with van der Waals surface area (Å²) in [6, 6.07) is 12.1. The molecule has 0 radical (unpaired) electrons. The van der Waals surface area contributed by atoms with Gasteiger partial charge in [0.2, 0.25) is 5.91 Å². The lowest BCUT2D eigenvalue weighted by Gasteiger charge is -2.44. The van der Waals surface area contributed by atoms with E-state index in [1.165, 1.54) is 6.42 Å². The molecule has 0 bridgehead atoms. The summed E-state index contributed by atoms with van der Waals surface area (Å²) in [5, 5.41) is 10.0. The number of aromatic nitrogens is 2. The Balaban J connectivity index is 1.58. The van der Waals surface area contributed by atoms with E-state index in [4.69, 9.17) is 5.10 Å². The van der Waals surface area contributed by atoms with Gasteiger partial charge in [-0.05, 0) is 74.4 Å². The summed E-state index contributed by atoms with van der Waals surface area (Å²) >= 11 is 1.59. The van der Waals surface area contributed by atoms with Gasteiger partial charge in [-0.15, -0.1) is 11.3 Å². The summed E-state index contributed by atoms with van der Waals surface area (Å²) in [4.78, 5) is 30.4. The summed E-state index contributed by atoms with van der Waals surface area (Å²) in [5.74, 6) is -0.302. The van der Waals surface area contributed by atoms with Crippen LogP contribution in [0.5, 0.6) is 0 Å². The maximum absolute atomic E-state index is 13.9. The number of nitrogens with one attached hydrogen (secondary N) is 1. The van der Waals surface area contributed by atoms with Gasteiger partial charge in [0.1, 0.15) is 16.9 Å². The number of hydrogen-bond acceptors (Lipinski definition) is 4. The lowest BCUT2D eigenvalue weighted by Crippen LogP contribution is -2.65. The van der Waals surface area contributed by atoms with Crippen molar-refractivity contribution in [1.29, 1.82) is 0 Å². The Morgan fingerprint density at radius 3 is 2.52 bits per heavy atom. The monoisotopic (exact) mass is 462 g/mol. The molecule has 172 valence electrons. The molecule has 2 aromatic heterocycles. The van der Waals surface area contributed by atoms with E-state index in [9.17, 15) is 9.59 Å². The Hall–Kier alpha value is -2.93. The Bertz CT molecular complexity index is 1170. The lowest BCUT2D eigenvalue weighted by molar-refractivity contribution is -0.127. The molecule has 0 unspecified atom stereocenters. The Morgan fingerprint density at radius 1 is 1.12 bits per heavy atom. The highest BCUT2D eigenvalue weighted by atomic mass is 32.1. The highest BCUT2D eigenvalue weighted by Gasteiger charge is 2.49. The van der Waals surface area contributed by atoms with E-state index in [0.29, 0.717) is 12.2 Å². The zero-order valence-corrected chi connectivity index (χ0v) is 20.2. The van der Waals surface area contributed by atoms with Crippen LogP contribution < -0.4 is 10.2 Å². The van der Waals surface area contributed by atoms with Crippen LogP contribution in [0.3, 0.4) is 0 Å². The maximum Gasteiger partial charge on any atom is 0.277 e. The number of carbonyl (C=O) groups excluding carboxylic acids is 2. The molecular formula is C26H30N4O2S. The molecule has 2 aliphatic rings. The van der Waals surface area contributed by atoms with Crippen LogP contribution in [0.4, 0.5) is 5.69 Å². The van der Waals surface area contributed by atoms with Crippen LogP contribution in [0.25, 0.3) is 10.6 Å². The molecule has 1 fully saturated rings. The van der Waals surface area contributed by atoms with E-state index in [1.807, 2.05) is 56.5 Å². The molecule has 0 spiro atoms. The molecule has 2 amide bonds. The average molecular weight is 463 g/mol. The fraction of sp³-hybridized carbons (Fsp3) is 0.423. The molecule has 3 aromatic rings. The van der Waals surface area contributed by atoms with Gasteiger partial charge in [-0.25, -0.2) is 0 Å². The third kappa shape index (κ3) is 3.99. The number of fused-ring (bicyclic) bond motifs is 1. The molecule has 3 heterocycles. The van der Waals surface area contributed by atoms with E-state index in [-0.39, 0.29) is 17.9 Å². The number of thiophene rings is 1. The van der Waals surface area contributed by atoms with E-state index in [1.54, 1.807) is 20.9 Å². The van der Waals surface area contributed by atoms with Crippen LogP contribution in [0, 0.1) is 13.8 Å². The summed E-state index contributed by atoms with van der Waals surface area (Å²) < 4.78 is 1.72. The van der Waals surface area contributed by atoms with Crippen LogP contribution in [0.15, 0.2) is 41.8 Å². The highest BCUT2D eigenvalue weighted by molar-refractivity contribution is 7.13. The number of nitrogens with zero attached hydrogens (tertiary/aromatic N) is 3. The first-order chi connectivity index (χ1) is 15.8. The Kier molecular flexibility index (Phi) is 5.60. The molecule has 0 saturated heterocycles. The minimum atomic E-state index is -1.08. The van der Waals surface area contributed by atoms with E-state index < -0.39 is 5.54 Å². The Morgan fingerprint density at radius 2 is 1.85 bits per heavy atom. The highest BCUT2D eigenvalue weighted by Crippen LogP contribution is 2.36. The number of anilines is 1. The lowest BCUT2D eigenvalue weighted by atomic mass is 9.90. The molecule has 1 atom stereocenters. The molecule has 33 heavy (non-hydrogen) atoms. The van der Waals surface area contributed by atoms with E-state index in [2.05, 4.69) is 11.4 Å². The van der Waals surface area contributed by atoms with Crippen LogP contribution in [0.1, 0.15) is 60.6 Å². The van der Waals surface area contributed by atoms with Gasteiger partial charge in [0.15, 0.2) is 0 Å². The van der Waals surface area contributed by atoms with Crippen molar-refractivity contribution in [3.63, 3.8) is 0 Å². The molecule has 5 rings (SSSR count). The van der Waals surface area contributed by atoms with Crippen molar-refractivity contribution in [1.82, 2.24) is 15.1 Å². The van der Waals surface area contributed by atoms with Gasteiger partial charge in [-0.2, -0.15) is 5.10 Å². The zero-order valence-electron chi connectivity index (χ0n) is 19.4. The molecule has 1 aliphatic heterocycles. The fourth-order valence-electron chi connectivity index (χ4n) is 5.20. The first-order valence-corrected chi connectivity index (χ1v) is 12.6. The van der Waals surface area contributed by atoms with Gasteiger partial charge in [0.05, 0.1) is 11.4 Å². The number of aryl methyl sites for hydroxylation is 2. The second-order valence-electron chi connectivity index (χ2n) is 9.62. The van der Waals surface area contributed by atoms with Crippen LogP contribution in [-0.4, -0.2) is 33.2 Å². The zero-order chi connectivity index (χ0) is 23.2. The molecule has 1 N–H and O–H groups in total. The summed E-state index contributed by atoms with van der Waals surface area (Å²) in [7, 11) is 0. The summed E-state index contributed by atoms with van der Waals surface area (Å²) in [6.07, 6.45) is 5.48. The topological polar surface area (TPSA) is 67.2 Å². The number of hydrogen-bond donors (Lipinski definition) is 1. The van der Waals surface area contributed by atoms with Gasteiger partial charge >= 0.3 is 0 Å². The number of amides is 2. The van der Waals surface area contributed by atoms with Crippen molar-refractivity contribution in [3.8, 4) is 10.6 Å². The average Bonchev–Trinajstić information content (AvgIpc) is 3.43. The maximum atomic E-state index is 13.9. The predicted octanol–water partition coefficient (Wildman–Crippen LogP) is 5.10. The van der Waals surface area contributed by atoms with Gasteiger partial charge in [0.25, 0.3) is 5.91 Å². The predicted molar refractivity (Wildman–Crippen MR) is 132 cm³/mol. The smallest absolute Gasteiger partial charge is 0.277 e. The second kappa shape index (κ2) is 8.45. The molecule has 1 saturated carbocycles.